The van der Waals surface area contributed by atoms with E-state index >= 15 is 0 Å². The maximum Gasteiger partial charge on any atom is 0.223 e. The number of rotatable bonds is 18. The molecule has 4 aliphatic rings. The Morgan fingerprint density at radius 1 is 0.500 bits per heavy atom. The molecule has 0 radical (unpaired) electrons. The van der Waals surface area contributed by atoms with Gasteiger partial charge in [0.15, 0.2) is 11.6 Å². The van der Waals surface area contributed by atoms with Gasteiger partial charge in [0.05, 0.1) is 32.8 Å². The number of anilines is 4. The number of hydrogen-bond donors (Lipinski definition) is 0. The third-order valence-corrected chi connectivity index (χ3v) is 18.6. The number of hydrogen-bond acceptors (Lipinski definition) is 10. The van der Waals surface area contributed by atoms with E-state index in [4.69, 9.17) is 0 Å². The summed E-state index contributed by atoms with van der Waals surface area (Å²) in [6, 6.07) is 39.9. The number of fused-ring (bicyclic) bond motifs is 2. The van der Waals surface area contributed by atoms with Crippen molar-refractivity contribution in [2.75, 3.05) is 45.8 Å². The van der Waals surface area contributed by atoms with Gasteiger partial charge in [-0.2, -0.15) is 0 Å². The van der Waals surface area contributed by atoms with E-state index in [1.54, 1.807) is 107 Å². The van der Waals surface area contributed by atoms with E-state index in [1.807, 2.05) is 62.4 Å². The molecule has 12 heteroatoms. The molecule has 0 N–H and O–H groups in total. The largest absolute Gasteiger partial charge is 0.335 e. The van der Waals surface area contributed by atoms with Crippen LogP contribution in [0.1, 0.15) is 87.9 Å². The van der Waals surface area contributed by atoms with Crippen molar-refractivity contribution in [2.24, 2.45) is 0 Å². The molecule has 9 rings (SSSR count). The summed E-state index contributed by atoms with van der Waals surface area (Å²) >= 11 is 6.83. The molecule has 5 aromatic rings. The first-order valence-corrected chi connectivity index (χ1v) is 29.3. The number of para-hydroxylation sites is 4. The molecule has 386 valence electrons. The lowest BCUT2D eigenvalue weighted by Crippen LogP contribution is -2.28. The van der Waals surface area contributed by atoms with E-state index in [0.29, 0.717) is 24.2 Å². The Kier molecular flexibility index (Phi) is 17.8. The molecule has 0 aromatic heterocycles. The summed E-state index contributed by atoms with van der Waals surface area (Å²) in [5, 5.41) is 2.34. The molecule has 2 amide bonds. The van der Waals surface area contributed by atoms with Gasteiger partial charge in [-0.05, 0) is 149 Å². The molecule has 2 aliphatic heterocycles. The minimum absolute atomic E-state index is 0.0172. The topological polar surface area (TPSA) is 81.2 Å². The van der Waals surface area contributed by atoms with Crippen molar-refractivity contribution in [3.63, 3.8) is 0 Å². The number of benzene rings is 5. The van der Waals surface area contributed by atoms with Gasteiger partial charge in [0.2, 0.25) is 11.8 Å². The summed E-state index contributed by atoms with van der Waals surface area (Å²) in [6.45, 7) is 14.3. The third-order valence-electron chi connectivity index (χ3n) is 13.7. The van der Waals surface area contributed by atoms with Gasteiger partial charge in [-0.1, -0.05) is 144 Å². The molecule has 0 unspecified atom stereocenters. The van der Waals surface area contributed by atoms with Gasteiger partial charge in [-0.25, -0.2) is 0 Å². The van der Waals surface area contributed by atoms with Crippen molar-refractivity contribution in [3.8, 4) is 0 Å². The molecule has 0 saturated heterocycles. The molecule has 0 saturated carbocycles. The zero-order chi connectivity index (χ0) is 53.3. The molecule has 8 nitrogen and oxygen atoms in total. The number of ketones is 2. The van der Waals surface area contributed by atoms with E-state index in [1.165, 1.54) is 42.4 Å². The number of amides is 2. The number of carbonyl (C=O) groups excluding carboxylic acids is 4. The Balaban J connectivity index is 0.967. The Bertz CT molecular complexity index is 3120. The van der Waals surface area contributed by atoms with Crippen LogP contribution in [-0.4, -0.2) is 49.6 Å². The van der Waals surface area contributed by atoms with Crippen molar-refractivity contribution in [1.82, 2.24) is 0 Å². The monoisotopic (exact) mass is 1080 g/mol. The highest BCUT2D eigenvalue weighted by Crippen LogP contribution is 2.50. The molecule has 2 heterocycles. The Labute approximate surface area is 465 Å². The Morgan fingerprint density at radius 3 is 1.26 bits per heavy atom. The van der Waals surface area contributed by atoms with E-state index in [2.05, 4.69) is 109 Å². The van der Waals surface area contributed by atoms with Crippen LogP contribution >= 0.6 is 47.0 Å². The predicted octanol–water partition coefficient (Wildman–Crippen LogP) is 16.4. The van der Waals surface area contributed by atoms with Crippen LogP contribution in [0.3, 0.4) is 0 Å². The summed E-state index contributed by atoms with van der Waals surface area (Å²) in [7, 11) is 0. The summed E-state index contributed by atoms with van der Waals surface area (Å²) < 4.78 is 0. The molecule has 0 fully saturated rings. The summed E-state index contributed by atoms with van der Waals surface area (Å²) in [5.74, 6) is -0.341. The van der Waals surface area contributed by atoms with E-state index in [-0.39, 0.29) is 23.4 Å². The van der Waals surface area contributed by atoms with Crippen LogP contribution in [0, 0.1) is 0 Å². The molecule has 0 atom stereocenters. The zero-order valence-corrected chi connectivity index (χ0v) is 47.1. The minimum atomic E-state index is -0.153. The van der Waals surface area contributed by atoms with Crippen molar-refractivity contribution >= 4 is 93.2 Å². The Hall–Kier alpha value is -6.70. The van der Waals surface area contributed by atoms with Crippen LogP contribution in [0.25, 0.3) is 0 Å². The van der Waals surface area contributed by atoms with Crippen LogP contribution < -0.4 is 19.6 Å². The van der Waals surface area contributed by atoms with Crippen LogP contribution in [0.5, 0.6) is 0 Å². The molecule has 76 heavy (non-hydrogen) atoms. The molecular weight excluding hydrogens is 1020 g/mol. The average Bonchev–Trinajstić information content (AvgIpc) is 4.21. The number of nitrogens with zero attached hydrogens (tertiary/aromatic N) is 4. The van der Waals surface area contributed by atoms with Crippen molar-refractivity contribution in [3.05, 3.63) is 223 Å². The SMILES string of the molecule is CCN(C(C)=O)c1ccccc1SC1=C(/C=C/C(=O)c2ccc(C(=O)/C=C/C3=C(Sc4ccccc4N(CC)C(C)=O)C(=C/C=C4\Sc5ccccc5N4CC)/CC3)cc2)CC/C1=C\C=C1/Sc2ccccc2N1CC. The Morgan fingerprint density at radius 2 is 0.882 bits per heavy atom. The first-order chi connectivity index (χ1) is 37.0. The van der Waals surface area contributed by atoms with Crippen molar-refractivity contribution < 1.29 is 19.2 Å². The lowest BCUT2D eigenvalue weighted by molar-refractivity contribution is -0.117. The number of carbonyl (C=O) groups is 4. The lowest BCUT2D eigenvalue weighted by atomic mass is 10.0. The van der Waals surface area contributed by atoms with E-state index in [9.17, 15) is 19.2 Å². The fraction of sp³-hybridized carbons (Fsp3) is 0.219. The van der Waals surface area contributed by atoms with Crippen LogP contribution in [-0.2, 0) is 9.59 Å². The third kappa shape index (κ3) is 12.0. The van der Waals surface area contributed by atoms with Gasteiger partial charge in [0.1, 0.15) is 0 Å². The second-order valence-corrected chi connectivity index (χ2v) is 22.6. The van der Waals surface area contributed by atoms with Gasteiger partial charge in [-0.3, -0.25) is 19.2 Å². The first kappa shape index (κ1) is 54.1. The number of thioether (sulfide) groups is 4. The predicted molar refractivity (Wildman–Crippen MR) is 321 cm³/mol. The van der Waals surface area contributed by atoms with Crippen molar-refractivity contribution in [2.45, 2.75) is 86.8 Å². The van der Waals surface area contributed by atoms with Crippen LogP contribution in [0.15, 0.2) is 232 Å². The van der Waals surface area contributed by atoms with E-state index in [0.717, 1.165) is 80.9 Å². The second-order valence-electron chi connectivity index (χ2n) is 18.4. The maximum atomic E-state index is 13.9. The van der Waals surface area contributed by atoms with Gasteiger partial charge >= 0.3 is 0 Å². The quantitative estimate of drug-likeness (QED) is 0.0625. The highest BCUT2D eigenvalue weighted by Gasteiger charge is 2.28. The summed E-state index contributed by atoms with van der Waals surface area (Å²) in [4.78, 5) is 68.2. The normalized spacial score (nSPS) is 17.4. The fourth-order valence-corrected chi connectivity index (χ4v) is 14.6. The van der Waals surface area contributed by atoms with Crippen molar-refractivity contribution in [1.29, 1.82) is 0 Å². The molecule has 5 aromatic carbocycles. The fourth-order valence-electron chi connectivity index (χ4n) is 9.88. The molecular formula is C64H62N4O4S4. The highest BCUT2D eigenvalue weighted by atomic mass is 32.2. The first-order valence-electron chi connectivity index (χ1n) is 26.0. The average molecular weight is 1080 g/mol. The van der Waals surface area contributed by atoms with E-state index < -0.39 is 0 Å². The van der Waals surface area contributed by atoms with Crippen LogP contribution in [0.2, 0.25) is 0 Å². The number of allylic oxidation sites excluding steroid dienone is 12. The van der Waals surface area contributed by atoms with Gasteiger partial charge < -0.3 is 19.6 Å². The molecule has 0 bridgehead atoms. The second kappa shape index (κ2) is 25.0. The smallest absolute Gasteiger partial charge is 0.223 e. The molecule has 2 aliphatic carbocycles. The van der Waals surface area contributed by atoms with Gasteiger partial charge in [0.25, 0.3) is 0 Å². The van der Waals surface area contributed by atoms with Crippen LogP contribution in [0.4, 0.5) is 22.7 Å². The van der Waals surface area contributed by atoms with Gasteiger partial charge in [-0.15, -0.1) is 0 Å². The highest BCUT2D eigenvalue weighted by molar-refractivity contribution is 8.04. The summed E-state index contributed by atoms with van der Waals surface area (Å²) in [5.41, 5.74) is 9.60. The summed E-state index contributed by atoms with van der Waals surface area (Å²) in [6.07, 6.45) is 19.2. The minimum Gasteiger partial charge on any atom is -0.335 e. The lowest BCUT2D eigenvalue weighted by Gasteiger charge is -2.22. The maximum absolute atomic E-state index is 13.9. The zero-order valence-electron chi connectivity index (χ0n) is 43.9. The standard InChI is InChI=1S/C64H62N4O4S4/c1-7-65(43(5)69)51-19-11-17-25-59(51)75-63-47(31-33-49(63)37-41-61-67(9-3)53-21-13-15-23-57(53)73-61)35-39-55(71)45-27-29-46(30-28-45)56(72)40-36-48-32-34-50(38-42-62-68(10-4)54-22-14-16-24-58(54)74-62)64(48)76-60-26-18-12-20-52(60)66(8-2)44(6)70/h11-30,35-42H,7-10,31-34H2,1-6H3/b39-35+,40-36+,49-37+,50-38+,61-41-,62-42-. The molecule has 0 spiro atoms. The van der Waals surface area contributed by atoms with Gasteiger partial charge in [0, 0.05) is 80.5 Å².